The van der Waals surface area contributed by atoms with Gasteiger partial charge in [-0.15, -0.1) is 0 Å². The van der Waals surface area contributed by atoms with Crippen LogP contribution >= 0.6 is 0 Å². The number of rotatable bonds is 5. The van der Waals surface area contributed by atoms with Crippen molar-refractivity contribution in [2.24, 2.45) is 11.8 Å². The molecule has 40 heavy (non-hydrogen) atoms. The van der Waals surface area contributed by atoms with E-state index in [1.165, 1.54) is 19.1 Å². The van der Waals surface area contributed by atoms with Crippen molar-refractivity contribution in [2.45, 2.75) is 90.3 Å². The van der Waals surface area contributed by atoms with E-state index in [0.29, 0.717) is 38.3 Å². The first kappa shape index (κ1) is 30.4. The van der Waals surface area contributed by atoms with Gasteiger partial charge in [0.05, 0.1) is 5.92 Å². The molecule has 0 unspecified atom stereocenters. The molecule has 4 atom stereocenters. The summed E-state index contributed by atoms with van der Waals surface area (Å²) in [6.07, 6.45) is 5.18. The van der Waals surface area contributed by atoms with Gasteiger partial charge in [-0.3, -0.25) is 19.3 Å². The van der Waals surface area contributed by atoms with Crippen molar-refractivity contribution in [1.29, 1.82) is 0 Å². The van der Waals surface area contributed by atoms with Crippen LogP contribution in [0, 0.1) is 23.5 Å². The predicted octanol–water partition coefficient (Wildman–Crippen LogP) is 4.27. The predicted molar refractivity (Wildman–Crippen MR) is 150 cm³/mol. The number of piperazine rings is 1. The van der Waals surface area contributed by atoms with E-state index in [1.54, 1.807) is 11.9 Å². The summed E-state index contributed by atoms with van der Waals surface area (Å²) >= 11 is 0. The molecule has 3 amide bonds. The van der Waals surface area contributed by atoms with E-state index in [2.05, 4.69) is 25.7 Å². The summed E-state index contributed by atoms with van der Waals surface area (Å²) in [6.45, 7) is 11.9. The topological polar surface area (TPSA) is 64.2 Å². The molecule has 1 saturated carbocycles. The Balaban J connectivity index is 1.51. The maximum Gasteiger partial charge on any atom is 0.245 e. The third-order valence-corrected chi connectivity index (χ3v) is 9.43. The van der Waals surface area contributed by atoms with Gasteiger partial charge in [-0.1, -0.05) is 25.3 Å². The fraction of sp³-hybridized carbons (Fsp3) is 0.710. The number of likely N-dealkylation sites (tertiary alicyclic amines) is 1. The summed E-state index contributed by atoms with van der Waals surface area (Å²) in [5.41, 5.74) is 0.160. The first-order chi connectivity index (χ1) is 18.8. The number of nitrogens with zero attached hydrogens (tertiary/aromatic N) is 4. The van der Waals surface area contributed by atoms with Crippen LogP contribution in [0.2, 0.25) is 0 Å². The van der Waals surface area contributed by atoms with Crippen molar-refractivity contribution in [1.82, 2.24) is 19.6 Å². The largest absolute Gasteiger partial charge is 0.337 e. The van der Waals surface area contributed by atoms with E-state index in [9.17, 15) is 23.2 Å². The first-order valence-corrected chi connectivity index (χ1v) is 14.8. The Kier molecular flexibility index (Phi) is 9.22. The second kappa shape index (κ2) is 12.1. The molecule has 9 heteroatoms. The summed E-state index contributed by atoms with van der Waals surface area (Å²) in [7, 11) is 1.72. The lowest BCUT2D eigenvalue weighted by atomic mass is 9.82. The van der Waals surface area contributed by atoms with Gasteiger partial charge in [0.2, 0.25) is 17.7 Å². The Hall–Kier alpha value is -2.55. The number of hydrogen-bond acceptors (Lipinski definition) is 4. The molecular formula is C31H46F2N4O3. The average molecular weight is 561 g/mol. The highest BCUT2D eigenvalue weighted by atomic mass is 19.1. The van der Waals surface area contributed by atoms with Crippen LogP contribution < -0.4 is 0 Å². The molecule has 1 aromatic rings. The molecular weight excluding hydrogens is 514 g/mol. The molecule has 1 aromatic carbocycles. The Morgan fingerprint density at radius 3 is 2.25 bits per heavy atom. The third-order valence-electron chi connectivity index (χ3n) is 9.43. The lowest BCUT2D eigenvalue weighted by molar-refractivity contribution is -0.152. The van der Waals surface area contributed by atoms with Crippen molar-refractivity contribution >= 4 is 17.7 Å². The normalized spacial score (nSPS) is 25.6. The molecule has 0 radical (unpaired) electrons. The van der Waals surface area contributed by atoms with Crippen LogP contribution in [0.4, 0.5) is 8.78 Å². The molecule has 0 spiro atoms. The maximum atomic E-state index is 14.9. The van der Waals surface area contributed by atoms with Gasteiger partial charge in [0.1, 0.15) is 17.7 Å². The SMILES string of the molecule is CC(=O)N(C)[C@H](C(=O)N1CCN(C(=O)[C@@H]2CN(C(C)(C)C)C[C@H]2c2ccc(F)cc2F)[C@@H](C)C1)C1CCCCC1. The van der Waals surface area contributed by atoms with Crippen LogP contribution in [0.1, 0.15) is 78.2 Å². The summed E-state index contributed by atoms with van der Waals surface area (Å²) in [5.74, 6) is -2.16. The summed E-state index contributed by atoms with van der Waals surface area (Å²) in [4.78, 5) is 47.6. The minimum absolute atomic E-state index is 0.0328. The van der Waals surface area contributed by atoms with Crippen molar-refractivity contribution in [3.63, 3.8) is 0 Å². The number of carbonyl (C=O) groups is 3. The Morgan fingerprint density at radius 2 is 1.68 bits per heavy atom. The van der Waals surface area contributed by atoms with Gasteiger partial charge < -0.3 is 14.7 Å². The number of likely N-dealkylation sites (N-methyl/N-ethyl adjacent to an activating group) is 1. The monoisotopic (exact) mass is 560 g/mol. The summed E-state index contributed by atoms with van der Waals surface area (Å²) in [5, 5.41) is 0. The van der Waals surface area contributed by atoms with E-state index in [4.69, 9.17) is 0 Å². The number of hydrogen-bond donors (Lipinski definition) is 0. The van der Waals surface area contributed by atoms with E-state index in [-0.39, 0.29) is 41.1 Å². The molecule has 3 fully saturated rings. The zero-order chi connectivity index (χ0) is 29.4. The van der Waals surface area contributed by atoms with E-state index in [1.807, 2.05) is 16.7 Å². The first-order valence-electron chi connectivity index (χ1n) is 14.8. The summed E-state index contributed by atoms with van der Waals surface area (Å²) < 4.78 is 28.6. The van der Waals surface area contributed by atoms with Crippen molar-refractivity contribution in [3.05, 3.63) is 35.4 Å². The van der Waals surface area contributed by atoms with Gasteiger partial charge in [-0.25, -0.2) is 8.78 Å². The summed E-state index contributed by atoms with van der Waals surface area (Å²) in [6, 6.07) is 2.92. The third kappa shape index (κ3) is 6.34. The lowest BCUT2D eigenvalue weighted by Gasteiger charge is -2.44. The van der Waals surface area contributed by atoms with Crippen LogP contribution in [0.3, 0.4) is 0 Å². The second-order valence-electron chi connectivity index (χ2n) is 13.1. The van der Waals surface area contributed by atoms with Crippen molar-refractivity contribution in [3.8, 4) is 0 Å². The fourth-order valence-electron chi connectivity index (χ4n) is 6.93. The minimum atomic E-state index is -0.633. The Labute approximate surface area is 237 Å². The van der Waals surface area contributed by atoms with Gasteiger partial charge in [0, 0.05) is 70.3 Å². The molecule has 2 heterocycles. The van der Waals surface area contributed by atoms with E-state index in [0.717, 1.165) is 38.2 Å². The maximum absolute atomic E-state index is 14.9. The number of halogens is 2. The van der Waals surface area contributed by atoms with Gasteiger partial charge in [-0.2, -0.15) is 0 Å². The molecule has 222 valence electrons. The van der Waals surface area contributed by atoms with E-state index < -0.39 is 23.6 Å². The zero-order valence-corrected chi connectivity index (χ0v) is 25.0. The number of benzene rings is 1. The van der Waals surface area contributed by atoms with Gasteiger partial charge >= 0.3 is 0 Å². The highest BCUT2D eigenvalue weighted by molar-refractivity contribution is 5.88. The molecule has 2 aliphatic heterocycles. The average Bonchev–Trinajstić information content (AvgIpc) is 3.35. The quantitative estimate of drug-likeness (QED) is 0.540. The molecule has 1 aliphatic carbocycles. The smallest absolute Gasteiger partial charge is 0.245 e. The molecule has 3 aliphatic rings. The number of amides is 3. The van der Waals surface area contributed by atoms with Crippen LogP contribution in [-0.2, 0) is 14.4 Å². The van der Waals surface area contributed by atoms with Crippen molar-refractivity contribution in [2.75, 3.05) is 39.8 Å². The van der Waals surface area contributed by atoms with Gasteiger partial charge in [0.15, 0.2) is 0 Å². The molecule has 0 aromatic heterocycles. The van der Waals surface area contributed by atoms with Crippen molar-refractivity contribution < 1.29 is 23.2 Å². The minimum Gasteiger partial charge on any atom is -0.337 e. The Bertz CT molecular complexity index is 1100. The second-order valence-corrected chi connectivity index (χ2v) is 13.1. The molecule has 7 nitrogen and oxygen atoms in total. The fourth-order valence-corrected chi connectivity index (χ4v) is 6.93. The van der Waals surface area contributed by atoms with Crippen LogP contribution in [0.5, 0.6) is 0 Å². The number of carbonyl (C=O) groups excluding carboxylic acids is 3. The van der Waals surface area contributed by atoms with E-state index >= 15 is 0 Å². The molecule has 4 rings (SSSR count). The van der Waals surface area contributed by atoms with Crippen LogP contribution in [-0.4, -0.2) is 94.7 Å². The highest BCUT2D eigenvalue weighted by Crippen LogP contribution is 2.39. The standard InChI is InChI=1S/C31H46F2N4O3/c1-20-17-35(30(40)28(34(6)21(2)38)22-10-8-7-9-11-22)14-15-37(20)29(39)26-19-36(31(3,4)5)18-25(26)24-13-12-23(32)16-27(24)33/h12-13,16,20,22,25-26,28H,7-11,14-15,17-19H2,1-6H3/t20-,25-,26+,28-/m0/s1. The highest BCUT2D eigenvalue weighted by Gasteiger charge is 2.46. The zero-order valence-electron chi connectivity index (χ0n) is 25.0. The molecule has 0 N–H and O–H groups in total. The van der Waals surface area contributed by atoms with Crippen LogP contribution in [0.15, 0.2) is 18.2 Å². The van der Waals surface area contributed by atoms with Crippen LogP contribution in [0.25, 0.3) is 0 Å². The van der Waals surface area contributed by atoms with Gasteiger partial charge in [0.25, 0.3) is 0 Å². The molecule has 0 bridgehead atoms. The lowest BCUT2D eigenvalue weighted by Crippen LogP contribution is -2.61. The van der Waals surface area contributed by atoms with Gasteiger partial charge in [-0.05, 0) is 58.1 Å². The Morgan fingerprint density at radius 1 is 1.00 bits per heavy atom. The molecule has 2 saturated heterocycles.